The van der Waals surface area contributed by atoms with Crippen LogP contribution >= 0.6 is 35.6 Å². The van der Waals surface area contributed by atoms with Crippen molar-refractivity contribution in [2.45, 2.75) is 13.5 Å². The minimum atomic E-state index is -0.475. The van der Waals surface area contributed by atoms with Gasteiger partial charge in [-0.2, -0.15) is 5.01 Å². The molecule has 0 atom stereocenters. The van der Waals surface area contributed by atoms with Gasteiger partial charge in [-0.1, -0.05) is 77.5 Å². The average Bonchev–Trinajstić information content (AvgIpc) is 3.07. The van der Waals surface area contributed by atoms with Crippen LogP contribution in [0.25, 0.3) is 6.08 Å². The predicted octanol–water partition coefficient (Wildman–Crippen LogP) is 5.77. The summed E-state index contributed by atoms with van der Waals surface area (Å²) in [6, 6.07) is 22.0. The molecule has 8 heteroatoms. The Kier molecular flexibility index (Phi) is 7.13. The number of benzene rings is 3. The van der Waals surface area contributed by atoms with E-state index < -0.39 is 11.8 Å². The molecule has 0 spiro atoms. The fourth-order valence-electron chi connectivity index (χ4n) is 3.08. The zero-order valence-corrected chi connectivity index (χ0v) is 20.0. The van der Waals surface area contributed by atoms with Crippen LogP contribution in [0.5, 0.6) is 5.75 Å². The van der Waals surface area contributed by atoms with Gasteiger partial charge in [0.05, 0.1) is 4.91 Å². The summed E-state index contributed by atoms with van der Waals surface area (Å²) in [7, 11) is 0. The van der Waals surface area contributed by atoms with Crippen LogP contribution in [0.3, 0.4) is 0 Å². The number of nitrogens with one attached hydrogen (secondary N) is 1. The quantitative estimate of drug-likeness (QED) is 0.348. The number of hydrogen-bond acceptors (Lipinski definition) is 5. The molecule has 4 rings (SSSR count). The lowest BCUT2D eigenvalue weighted by molar-refractivity contribution is -0.123. The molecule has 3 aromatic carbocycles. The van der Waals surface area contributed by atoms with Crippen molar-refractivity contribution in [1.29, 1.82) is 0 Å². The number of carbonyl (C=O) groups excluding carboxylic acids is 2. The maximum Gasteiger partial charge on any atom is 0.285 e. The van der Waals surface area contributed by atoms with Crippen molar-refractivity contribution >= 4 is 57.8 Å². The first kappa shape index (κ1) is 23.0. The molecule has 1 N–H and O–H groups in total. The monoisotopic (exact) mass is 494 g/mol. The zero-order valence-electron chi connectivity index (χ0n) is 17.6. The second kappa shape index (κ2) is 10.2. The molecule has 0 bridgehead atoms. The SMILES string of the molecule is Cc1ccc(COc2ccccc2/C=C2/SC(=S)N(NC(=O)c3cccc(Cl)c3)C2=O)cc1. The maximum atomic E-state index is 12.9. The van der Waals surface area contributed by atoms with Crippen LogP contribution in [0.15, 0.2) is 77.7 Å². The number of halogens is 1. The molecule has 1 aliphatic heterocycles. The zero-order chi connectivity index (χ0) is 23.4. The van der Waals surface area contributed by atoms with Gasteiger partial charge in [0.1, 0.15) is 12.4 Å². The molecule has 1 heterocycles. The molecule has 3 aromatic rings. The minimum absolute atomic E-state index is 0.236. The first-order valence-electron chi connectivity index (χ1n) is 10.0. The summed E-state index contributed by atoms with van der Waals surface area (Å²) in [5.74, 6) is -0.239. The van der Waals surface area contributed by atoms with E-state index >= 15 is 0 Å². The Bertz CT molecular complexity index is 1260. The van der Waals surface area contributed by atoms with Gasteiger partial charge in [-0.3, -0.25) is 15.0 Å². The van der Waals surface area contributed by atoms with E-state index in [1.165, 1.54) is 11.6 Å². The molecule has 0 aromatic heterocycles. The molecule has 1 saturated heterocycles. The Morgan fingerprint density at radius 1 is 1.12 bits per heavy atom. The lowest BCUT2D eigenvalue weighted by Crippen LogP contribution is -2.44. The molecule has 0 saturated carbocycles. The third-order valence-corrected chi connectivity index (χ3v) is 6.35. The summed E-state index contributed by atoms with van der Waals surface area (Å²) < 4.78 is 6.24. The van der Waals surface area contributed by atoms with Gasteiger partial charge in [0.25, 0.3) is 11.8 Å². The predicted molar refractivity (Wildman–Crippen MR) is 136 cm³/mol. The molecule has 1 aliphatic rings. The van der Waals surface area contributed by atoms with Crippen molar-refractivity contribution in [2.24, 2.45) is 0 Å². The molecular weight excluding hydrogens is 476 g/mol. The van der Waals surface area contributed by atoms with E-state index in [0.29, 0.717) is 27.8 Å². The van der Waals surface area contributed by atoms with Gasteiger partial charge in [-0.15, -0.1) is 0 Å². The Balaban J connectivity index is 1.49. The first-order chi connectivity index (χ1) is 15.9. The third-order valence-electron chi connectivity index (χ3n) is 4.81. The van der Waals surface area contributed by atoms with Crippen molar-refractivity contribution < 1.29 is 14.3 Å². The van der Waals surface area contributed by atoms with Gasteiger partial charge >= 0.3 is 0 Å². The molecule has 33 heavy (non-hydrogen) atoms. The lowest BCUT2D eigenvalue weighted by Gasteiger charge is -2.15. The van der Waals surface area contributed by atoms with E-state index in [9.17, 15) is 9.59 Å². The summed E-state index contributed by atoms with van der Waals surface area (Å²) in [5.41, 5.74) is 5.86. The molecule has 1 fully saturated rings. The first-order valence-corrected chi connectivity index (χ1v) is 11.6. The van der Waals surface area contributed by atoms with Crippen molar-refractivity contribution in [3.05, 3.63) is 105 Å². The highest BCUT2D eigenvalue weighted by molar-refractivity contribution is 8.26. The summed E-state index contributed by atoms with van der Waals surface area (Å²) >= 11 is 12.4. The van der Waals surface area contributed by atoms with Crippen LogP contribution < -0.4 is 10.2 Å². The van der Waals surface area contributed by atoms with Gasteiger partial charge in [0.2, 0.25) is 0 Å². The highest BCUT2D eigenvalue weighted by Gasteiger charge is 2.34. The average molecular weight is 495 g/mol. The van der Waals surface area contributed by atoms with Crippen LogP contribution in [0, 0.1) is 6.92 Å². The normalized spacial score (nSPS) is 14.6. The van der Waals surface area contributed by atoms with E-state index in [-0.39, 0.29) is 4.32 Å². The van der Waals surface area contributed by atoms with E-state index in [0.717, 1.165) is 27.9 Å². The number of hydrazine groups is 1. The van der Waals surface area contributed by atoms with Crippen LogP contribution in [0.4, 0.5) is 0 Å². The smallest absolute Gasteiger partial charge is 0.285 e. The largest absolute Gasteiger partial charge is 0.488 e. The van der Waals surface area contributed by atoms with Gasteiger partial charge in [0.15, 0.2) is 4.32 Å². The number of aryl methyl sites for hydroxylation is 1. The highest BCUT2D eigenvalue weighted by Crippen LogP contribution is 2.33. The number of nitrogens with zero attached hydrogens (tertiary/aromatic N) is 1. The molecular formula is C25H19ClN2O3S2. The van der Waals surface area contributed by atoms with Crippen LogP contribution in [0.2, 0.25) is 5.02 Å². The second-order valence-electron chi connectivity index (χ2n) is 7.28. The summed E-state index contributed by atoms with van der Waals surface area (Å²) in [6.07, 6.45) is 1.72. The van der Waals surface area contributed by atoms with Crippen molar-refractivity contribution in [3.8, 4) is 5.75 Å². The Morgan fingerprint density at radius 3 is 2.64 bits per heavy atom. The molecule has 0 aliphatic carbocycles. The van der Waals surface area contributed by atoms with Gasteiger partial charge < -0.3 is 4.74 Å². The summed E-state index contributed by atoms with van der Waals surface area (Å²) in [5, 5.41) is 1.50. The van der Waals surface area contributed by atoms with Gasteiger partial charge in [-0.05, 0) is 55.0 Å². The number of rotatable bonds is 6. The number of amides is 2. The number of thiocarbonyl (C=S) groups is 1. The Labute approximate surface area is 206 Å². The molecule has 2 amide bonds. The molecule has 5 nitrogen and oxygen atoms in total. The highest BCUT2D eigenvalue weighted by atomic mass is 35.5. The maximum absolute atomic E-state index is 12.9. The third kappa shape index (κ3) is 5.63. The summed E-state index contributed by atoms with van der Waals surface area (Å²) in [4.78, 5) is 25.9. The number of para-hydroxylation sites is 1. The number of thioether (sulfide) groups is 1. The van der Waals surface area contributed by atoms with Crippen molar-refractivity contribution in [2.75, 3.05) is 0 Å². The van der Waals surface area contributed by atoms with Gasteiger partial charge in [-0.25, -0.2) is 0 Å². The standard InChI is InChI=1S/C25H19ClN2O3S2/c1-16-9-11-17(12-10-16)15-31-21-8-3-2-5-18(21)14-22-24(30)28(25(32)33-22)27-23(29)19-6-4-7-20(26)13-19/h2-14H,15H2,1H3,(H,27,29)/b22-14+. The number of carbonyl (C=O) groups is 2. The van der Waals surface area contributed by atoms with E-state index in [4.69, 9.17) is 28.6 Å². The topological polar surface area (TPSA) is 58.6 Å². The fraction of sp³-hybridized carbons (Fsp3) is 0.0800. The fourth-order valence-corrected chi connectivity index (χ4v) is 4.44. The summed E-state index contributed by atoms with van der Waals surface area (Å²) in [6.45, 7) is 2.44. The second-order valence-corrected chi connectivity index (χ2v) is 9.39. The van der Waals surface area contributed by atoms with E-state index in [1.54, 1.807) is 24.3 Å². The van der Waals surface area contributed by atoms with Crippen molar-refractivity contribution in [1.82, 2.24) is 10.4 Å². The Morgan fingerprint density at radius 2 is 1.88 bits per heavy atom. The van der Waals surface area contributed by atoms with Gasteiger partial charge in [0, 0.05) is 16.1 Å². The van der Waals surface area contributed by atoms with Crippen LogP contribution in [-0.4, -0.2) is 21.1 Å². The number of hydrogen-bond donors (Lipinski definition) is 1. The van der Waals surface area contributed by atoms with E-state index in [1.807, 2.05) is 55.5 Å². The lowest BCUT2D eigenvalue weighted by atomic mass is 10.1. The van der Waals surface area contributed by atoms with E-state index in [2.05, 4.69) is 5.43 Å². The number of ether oxygens (including phenoxy) is 1. The molecule has 166 valence electrons. The van der Waals surface area contributed by atoms with Crippen LogP contribution in [-0.2, 0) is 11.4 Å². The molecule has 0 radical (unpaired) electrons. The molecule has 0 unspecified atom stereocenters. The Hall–Kier alpha value is -3.13. The minimum Gasteiger partial charge on any atom is -0.488 e. The van der Waals surface area contributed by atoms with Crippen molar-refractivity contribution in [3.63, 3.8) is 0 Å². The van der Waals surface area contributed by atoms with Crippen LogP contribution in [0.1, 0.15) is 27.0 Å².